The number of benzene rings is 1. The van der Waals surface area contributed by atoms with Crippen molar-refractivity contribution in [2.75, 3.05) is 13.1 Å². The SMILES string of the molecule is O=S(=O)(c1ccc(Oc2ccc(-c3nnco3)cc2)nc1)N1CCCC1. The Hall–Kier alpha value is -2.78. The van der Waals surface area contributed by atoms with Gasteiger partial charge in [-0.05, 0) is 43.2 Å². The fourth-order valence-electron chi connectivity index (χ4n) is 2.74. The van der Waals surface area contributed by atoms with Gasteiger partial charge in [0, 0.05) is 24.7 Å². The highest BCUT2D eigenvalue weighted by Crippen LogP contribution is 2.25. The van der Waals surface area contributed by atoms with E-state index in [4.69, 9.17) is 9.15 Å². The van der Waals surface area contributed by atoms with Gasteiger partial charge in [0.2, 0.25) is 28.2 Å². The van der Waals surface area contributed by atoms with E-state index in [0.29, 0.717) is 30.6 Å². The van der Waals surface area contributed by atoms with Crippen molar-refractivity contribution < 1.29 is 17.6 Å². The molecule has 0 radical (unpaired) electrons. The molecular formula is C17H16N4O4S. The molecule has 1 aromatic carbocycles. The van der Waals surface area contributed by atoms with Gasteiger partial charge in [-0.2, -0.15) is 4.31 Å². The molecule has 9 heteroatoms. The number of ether oxygens (including phenoxy) is 1. The molecule has 1 fully saturated rings. The van der Waals surface area contributed by atoms with Crippen molar-refractivity contribution in [3.05, 3.63) is 49.0 Å². The van der Waals surface area contributed by atoms with E-state index in [-0.39, 0.29) is 4.90 Å². The molecule has 1 saturated heterocycles. The van der Waals surface area contributed by atoms with Crippen LogP contribution in [0.2, 0.25) is 0 Å². The molecular weight excluding hydrogens is 356 g/mol. The van der Waals surface area contributed by atoms with E-state index in [2.05, 4.69) is 15.2 Å². The van der Waals surface area contributed by atoms with E-state index < -0.39 is 10.0 Å². The molecule has 0 bridgehead atoms. The number of nitrogens with zero attached hydrogens (tertiary/aromatic N) is 4. The fraction of sp³-hybridized carbons (Fsp3) is 0.235. The van der Waals surface area contributed by atoms with Gasteiger partial charge in [0.25, 0.3) is 0 Å². The first-order chi connectivity index (χ1) is 12.6. The predicted octanol–water partition coefficient (Wildman–Crippen LogP) is 2.71. The molecule has 2 aromatic heterocycles. The highest BCUT2D eigenvalue weighted by atomic mass is 32.2. The lowest BCUT2D eigenvalue weighted by molar-refractivity contribution is 0.459. The minimum absolute atomic E-state index is 0.179. The van der Waals surface area contributed by atoms with Crippen LogP contribution in [0.1, 0.15) is 12.8 Å². The molecule has 8 nitrogen and oxygen atoms in total. The van der Waals surface area contributed by atoms with E-state index in [1.807, 2.05) is 0 Å². The second-order valence-electron chi connectivity index (χ2n) is 5.81. The normalized spacial score (nSPS) is 15.2. The van der Waals surface area contributed by atoms with Crippen LogP contribution >= 0.6 is 0 Å². The van der Waals surface area contributed by atoms with E-state index in [1.54, 1.807) is 30.3 Å². The number of pyridine rings is 1. The van der Waals surface area contributed by atoms with Crippen molar-refractivity contribution in [3.8, 4) is 23.1 Å². The number of hydrogen-bond acceptors (Lipinski definition) is 7. The van der Waals surface area contributed by atoms with Gasteiger partial charge in [-0.15, -0.1) is 10.2 Å². The molecule has 0 N–H and O–H groups in total. The lowest BCUT2D eigenvalue weighted by Gasteiger charge is -2.15. The molecule has 0 saturated carbocycles. The second kappa shape index (κ2) is 6.85. The molecule has 26 heavy (non-hydrogen) atoms. The van der Waals surface area contributed by atoms with Crippen molar-refractivity contribution in [2.45, 2.75) is 17.7 Å². The Morgan fingerprint density at radius 3 is 2.42 bits per heavy atom. The predicted molar refractivity (Wildman–Crippen MR) is 92.0 cm³/mol. The van der Waals surface area contributed by atoms with Gasteiger partial charge in [0.15, 0.2) is 0 Å². The zero-order chi connectivity index (χ0) is 18.0. The zero-order valence-electron chi connectivity index (χ0n) is 13.8. The van der Waals surface area contributed by atoms with Gasteiger partial charge in [-0.1, -0.05) is 0 Å². The zero-order valence-corrected chi connectivity index (χ0v) is 14.6. The minimum atomic E-state index is -3.47. The summed E-state index contributed by atoms with van der Waals surface area (Å²) in [4.78, 5) is 4.29. The van der Waals surface area contributed by atoms with Gasteiger partial charge >= 0.3 is 0 Å². The number of hydrogen-bond donors (Lipinski definition) is 0. The van der Waals surface area contributed by atoms with Crippen LogP contribution in [0.15, 0.2) is 58.3 Å². The molecule has 0 unspecified atom stereocenters. The first kappa shape index (κ1) is 16.7. The average Bonchev–Trinajstić information content (AvgIpc) is 3.37. The monoisotopic (exact) mass is 372 g/mol. The second-order valence-corrected chi connectivity index (χ2v) is 7.75. The molecule has 3 heterocycles. The third-order valence-corrected chi connectivity index (χ3v) is 5.98. The van der Waals surface area contributed by atoms with Crippen LogP contribution in [0.4, 0.5) is 0 Å². The number of aromatic nitrogens is 3. The summed E-state index contributed by atoms with van der Waals surface area (Å²) < 4.78 is 37.2. The molecule has 1 aliphatic rings. The summed E-state index contributed by atoms with van der Waals surface area (Å²) in [5.41, 5.74) is 0.773. The van der Waals surface area contributed by atoms with Crippen LogP contribution in [0, 0.1) is 0 Å². The van der Waals surface area contributed by atoms with Crippen LogP contribution in [0.25, 0.3) is 11.5 Å². The highest BCUT2D eigenvalue weighted by Gasteiger charge is 2.27. The van der Waals surface area contributed by atoms with Crippen LogP contribution in [-0.4, -0.2) is 41.0 Å². The van der Waals surface area contributed by atoms with E-state index in [1.165, 1.54) is 23.0 Å². The van der Waals surface area contributed by atoms with E-state index in [0.717, 1.165) is 18.4 Å². The Bertz CT molecular complexity index is 965. The smallest absolute Gasteiger partial charge is 0.247 e. The largest absolute Gasteiger partial charge is 0.439 e. The molecule has 0 spiro atoms. The van der Waals surface area contributed by atoms with Crippen LogP contribution < -0.4 is 4.74 Å². The molecule has 0 amide bonds. The molecule has 0 aliphatic carbocycles. The maximum Gasteiger partial charge on any atom is 0.247 e. The van der Waals surface area contributed by atoms with Gasteiger partial charge < -0.3 is 9.15 Å². The summed E-state index contributed by atoms with van der Waals surface area (Å²) in [5, 5.41) is 7.47. The summed E-state index contributed by atoms with van der Waals surface area (Å²) in [7, 11) is -3.47. The summed E-state index contributed by atoms with van der Waals surface area (Å²) >= 11 is 0. The summed E-state index contributed by atoms with van der Waals surface area (Å²) in [6.07, 6.45) is 4.39. The quantitative estimate of drug-likeness (QED) is 0.679. The van der Waals surface area contributed by atoms with Crippen molar-refractivity contribution >= 4 is 10.0 Å². The molecule has 4 rings (SSSR count). The van der Waals surface area contributed by atoms with Crippen LogP contribution in [0.3, 0.4) is 0 Å². The van der Waals surface area contributed by atoms with Gasteiger partial charge in [0.05, 0.1) is 6.20 Å². The third kappa shape index (κ3) is 3.31. The standard InChI is InChI=1S/C17H16N4O4S/c22-26(23,21-9-1-2-10-21)15-7-8-16(18-11-15)25-14-5-3-13(4-6-14)17-20-19-12-24-17/h3-8,11-12H,1-2,9-10H2. The van der Waals surface area contributed by atoms with E-state index in [9.17, 15) is 8.42 Å². The molecule has 3 aromatic rings. The van der Waals surface area contributed by atoms with E-state index >= 15 is 0 Å². The molecule has 134 valence electrons. The average molecular weight is 372 g/mol. The Balaban J connectivity index is 1.47. The van der Waals surface area contributed by atoms with Crippen molar-refractivity contribution in [1.29, 1.82) is 0 Å². The summed E-state index contributed by atoms with van der Waals surface area (Å²) in [6.45, 7) is 1.12. The Kier molecular flexibility index (Phi) is 4.39. The maximum absolute atomic E-state index is 12.5. The Morgan fingerprint density at radius 1 is 1.04 bits per heavy atom. The lowest BCUT2D eigenvalue weighted by atomic mass is 10.2. The summed E-state index contributed by atoms with van der Waals surface area (Å²) in [5.74, 6) is 1.30. The number of rotatable bonds is 5. The topological polar surface area (TPSA) is 98.4 Å². The Morgan fingerprint density at radius 2 is 1.81 bits per heavy atom. The van der Waals surface area contributed by atoms with Gasteiger partial charge in [0.1, 0.15) is 10.6 Å². The highest BCUT2D eigenvalue weighted by molar-refractivity contribution is 7.89. The number of sulfonamides is 1. The van der Waals surface area contributed by atoms with Gasteiger partial charge in [-0.25, -0.2) is 13.4 Å². The lowest BCUT2D eigenvalue weighted by Crippen LogP contribution is -2.27. The Labute approximate surface area is 150 Å². The first-order valence-corrected chi connectivity index (χ1v) is 9.57. The first-order valence-electron chi connectivity index (χ1n) is 8.13. The van der Waals surface area contributed by atoms with Crippen LogP contribution in [-0.2, 0) is 10.0 Å². The van der Waals surface area contributed by atoms with Crippen molar-refractivity contribution in [2.24, 2.45) is 0 Å². The third-order valence-electron chi connectivity index (χ3n) is 4.10. The fourth-order valence-corrected chi connectivity index (χ4v) is 4.21. The van der Waals surface area contributed by atoms with Crippen LogP contribution in [0.5, 0.6) is 11.6 Å². The molecule has 1 aliphatic heterocycles. The molecule has 0 atom stereocenters. The van der Waals surface area contributed by atoms with Gasteiger partial charge in [-0.3, -0.25) is 0 Å². The summed E-state index contributed by atoms with van der Waals surface area (Å²) in [6, 6.07) is 10.1. The maximum atomic E-state index is 12.5. The van der Waals surface area contributed by atoms with Crippen molar-refractivity contribution in [1.82, 2.24) is 19.5 Å². The minimum Gasteiger partial charge on any atom is -0.439 e. The van der Waals surface area contributed by atoms with Crippen molar-refractivity contribution in [3.63, 3.8) is 0 Å².